The van der Waals surface area contributed by atoms with Crippen LogP contribution in [-0.4, -0.2) is 68.0 Å². The predicted octanol–water partition coefficient (Wildman–Crippen LogP) is 1.53. The number of primary amides is 1. The fourth-order valence-electron chi connectivity index (χ4n) is 5.62. The van der Waals surface area contributed by atoms with Gasteiger partial charge in [-0.05, 0) is 50.0 Å². The molecule has 0 unspecified atom stereocenters. The highest BCUT2D eigenvalue weighted by atomic mass is 19.4. The number of hydrogen-bond donors (Lipinski definition) is 5. The molecule has 3 aliphatic rings. The lowest BCUT2D eigenvalue weighted by molar-refractivity contribution is -0.148. The summed E-state index contributed by atoms with van der Waals surface area (Å²) in [4.78, 5) is 40.0. The van der Waals surface area contributed by atoms with Gasteiger partial charge in [0.2, 0.25) is 5.78 Å². The van der Waals surface area contributed by atoms with E-state index in [2.05, 4.69) is 0 Å². The zero-order chi connectivity index (χ0) is 26.2. The van der Waals surface area contributed by atoms with Crippen LogP contribution >= 0.6 is 0 Å². The van der Waals surface area contributed by atoms with Gasteiger partial charge in [0.25, 0.3) is 5.91 Å². The van der Waals surface area contributed by atoms with Crippen LogP contribution < -0.4 is 5.73 Å². The van der Waals surface area contributed by atoms with Crippen LogP contribution in [0.3, 0.4) is 0 Å². The molecular weight excluding hydrogens is 473 g/mol. The van der Waals surface area contributed by atoms with Gasteiger partial charge >= 0.3 is 6.18 Å². The van der Waals surface area contributed by atoms with E-state index in [4.69, 9.17) is 5.73 Å². The molecule has 0 aliphatic heterocycles. The maximum atomic E-state index is 13.7. The number of phenolic OH excluding ortho intramolecular Hbond substituents is 1. The summed E-state index contributed by atoms with van der Waals surface area (Å²) in [6, 6.07) is 0.152. The van der Waals surface area contributed by atoms with Crippen LogP contribution in [0.5, 0.6) is 5.75 Å². The Balaban J connectivity index is 1.98. The van der Waals surface area contributed by atoms with E-state index in [0.29, 0.717) is 12.1 Å². The van der Waals surface area contributed by atoms with Gasteiger partial charge in [-0.15, -0.1) is 0 Å². The van der Waals surface area contributed by atoms with Gasteiger partial charge in [0.15, 0.2) is 11.4 Å². The summed E-state index contributed by atoms with van der Waals surface area (Å²) in [7, 11) is 1.51. The normalized spacial score (nSPS) is 28.7. The number of phenols is 1. The average Bonchev–Trinajstić information content (AvgIpc) is 2.75. The van der Waals surface area contributed by atoms with E-state index in [1.54, 1.807) is 6.92 Å². The van der Waals surface area contributed by atoms with E-state index in [1.807, 2.05) is 0 Å². The number of carbonyl (C=O) groups excluding carboxylic acids is 3. The number of amides is 1. The third kappa shape index (κ3) is 3.27. The van der Waals surface area contributed by atoms with Crippen molar-refractivity contribution in [3.8, 4) is 5.75 Å². The van der Waals surface area contributed by atoms with Crippen LogP contribution in [0.15, 0.2) is 34.8 Å². The number of halogens is 3. The highest BCUT2D eigenvalue weighted by Gasteiger charge is 2.63. The van der Waals surface area contributed by atoms with Gasteiger partial charge in [-0.25, -0.2) is 0 Å². The van der Waals surface area contributed by atoms with Gasteiger partial charge in [-0.2, -0.15) is 13.2 Å². The van der Waals surface area contributed by atoms with Gasteiger partial charge in [-0.3, -0.25) is 19.3 Å². The van der Waals surface area contributed by atoms with Crippen molar-refractivity contribution < 1.29 is 48.0 Å². The molecule has 0 spiro atoms. The van der Waals surface area contributed by atoms with Crippen LogP contribution in [0.25, 0.3) is 0 Å². The number of likely N-dealkylation sites (N-methyl/N-ethyl adjacent to an activating group) is 1. The number of aliphatic hydroxyl groups is 3. The molecule has 4 atom stereocenters. The SMILES string of the molecule is CCN(C)[C@@H]1C(O)=C(C(N)=O)C(=O)[C@@]2(O)C(O)=C3C(=O)c4c(O)ccc(C(F)(F)F)c4C[C@H]3C[C@@H]12. The van der Waals surface area contributed by atoms with Crippen LogP contribution in [0.1, 0.15) is 34.8 Å². The highest BCUT2D eigenvalue weighted by Crippen LogP contribution is 2.53. The fraction of sp³-hybridized carbons (Fsp3) is 0.435. The molecule has 1 amide bonds. The maximum Gasteiger partial charge on any atom is 0.416 e. The van der Waals surface area contributed by atoms with Crippen LogP contribution in [0, 0.1) is 11.8 Å². The number of carbonyl (C=O) groups is 3. The summed E-state index contributed by atoms with van der Waals surface area (Å²) >= 11 is 0. The molecule has 4 rings (SSSR count). The van der Waals surface area contributed by atoms with Crippen molar-refractivity contribution in [2.24, 2.45) is 17.6 Å². The maximum absolute atomic E-state index is 13.7. The van der Waals surface area contributed by atoms with Crippen molar-refractivity contribution in [1.29, 1.82) is 0 Å². The van der Waals surface area contributed by atoms with Crippen molar-refractivity contribution in [2.45, 2.75) is 37.6 Å². The minimum absolute atomic E-state index is 0.247. The number of nitrogens with two attached hydrogens (primary N) is 1. The molecule has 1 aromatic carbocycles. The van der Waals surface area contributed by atoms with E-state index in [0.717, 1.165) is 0 Å². The van der Waals surface area contributed by atoms with Crippen molar-refractivity contribution in [2.75, 3.05) is 13.6 Å². The molecule has 0 aromatic heterocycles. The number of rotatable bonds is 3. The topological polar surface area (TPSA) is 161 Å². The molecule has 9 nitrogen and oxygen atoms in total. The number of nitrogens with zero attached hydrogens (tertiary/aromatic N) is 1. The molecule has 0 fully saturated rings. The molecular formula is C23H23F3N2O7. The van der Waals surface area contributed by atoms with Gasteiger partial charge in [0.1, 0.15) is 22.8 Å². The first-order chi connectivity index (χ1) is 16.2. The molecule has 0 heterocycles. The van der Waals surface area contributed by atoms with Gasteiger partial charge in [0, 0.05) is 11.5 Å². The summed E-state index contributed by atoms with van der Waals surface area (Å²) in [6.07, 6.45) is -5.55. The monoisotopic (exact) mass is 496 g/mol. The number of Topliss-reactive ketones (excluding diaryl/α,β-unsaturated/α-hetero) is 2. The third-order valence-electron chi connectivity index (χ3n) is 7.33. The van der Waals surface area contributed by atoms with Crippen LogP contribution in [-0.2, 0) is 22.2 Å². The summed E-state index contributed by atoms with van der Waals surface area (Å²) in [6.45, 7) is 1.92. The fourth-order valence-corrected chi connectivity index (χ4v) is 5.62. The van der Waals surface area contributed by atoms with Crippen LogP contribution in [0.4, 0.5) is 13.2 Å². The van der Waals surface area contributed by atoms with Crippen molar-refractivity contribution in [1.82, 2.24) is 4.90 Å². The quantitative estimate of drug-likeness (QED) is 0.394. The lowest BCUT2D eigenvalue weighted by Crippen LogP contribution is -2.64. The number of hydrogen-bond acceptors (Lipinski definition) is 8. The third-order valence-corrected chi connectivity index (χ3v) is 7.33. The van der Waals surface area contributed by atoms with E-state index >= 15 is 0 Å². The number of allylic oxidation sites excluding steroid dienone is 1. The van der Waals surface area contributed by atoms with Gasteiger partial charge in [-0.1, -0.05) is 6.92 Å². The lowest BCUT2D eigenvalue weighted by atomic mass is 9.58. The summed E-state index contributed by atoms with van der Waals surface area (Å²) in [5.74, 6) is -8.95. The summed E-state index contributed by atoms with van der Waals surface area (Å²) in [5.41, 5.74) is -1.32. The van der Waals surface area contributed by atoms with E-state index in [-0.39, 0.29) is 13.0 Å². The molecule has 1 aromatic rings. The number of benzene rings is 1. The second-order valence-electron chi connectivity index (χ2n) is 9.06. The van der Waals surface area contributed by atoms with E-state index in [9.17, 15) is 48.0 Å². The average molecular weight is 496 g/mol. The van der Waals surface area contributed by atoms with Gasteiger partial charge < -0.3 is 26.2 Å². The van der Waals surface area contributed by atoms with E-state index in [1.165, 1.54) is 11.9 Å². The number of fused-ring (bicyclic) bond motifs is 3. The molecule has 0 saturated carbocycles. The summed E-state index contributed by atoms with van der Waals surface area (Å²) in [5, 5.41) is 43.6. The molecule has 0 bridgehead atoms. The first kappa shape index (κ1) is 24.7. The molecule has 3 aliphatic carbocycles. The van der Waals surface area contributed by atoms with Crippen molar-refractivity contribution >= 4 is 17.5 Å². The Morgan fingerprint density at radius 2 is 1.86 bits per heavy atom. The number of alkyl halides is 3. The minimum atomic E-state index is -4.83. The number of ketones is 2. The Labute approximate surface area is 196 Å². The lowest BCUT2D eigenvalue weighted by Gasteiger charge is -2.50. The molecule has 0 radical (unpaired) electrons. The predicted molar refractivity (Wildman–Crippen MR) is 113 cm³/mol. The Hall–Kier alpha value is -3.38. The van der Waals surface area contributed by atoms with E-state index < -0.39 is 98.7 Å². The molecule has 35 heavy (non-hydrogen) atoms. The molecule has 12 heteroatoms. The smallest absolute Gasteiger partial charge is 0.416 e. The van der Waals surface area contributed by atoms with Gasteiger partial charge in [0.05, 0.1) is 17.2 Å². The van der Waals surface area contributed by atoms with Crippen molar-refractivity contribution in [3.63, 3.8) is 0 Å². The minimum Gasteiger partial charge on any atom is -0.510 e. The summed E-state index contributed by atoms with van der Waals surface area (Å²) < 4.78 is 41.0. The first-order valence-electron chi connectivity index (χ1n) is 10.8. The highest BCUT2D eigenvalue weighted by molar-refractivity contribution is 6.24. The Bertz CT molecular complexity index is 1240. The molecule has 188 valence electrons. The molecule has 6 N–H and O–H groups in total. The Morgan fingerprint density at radius 1 is 1.23 bits per heavy atom. The zero-order valence-electron chi connectivity index (χ0n) is 18.7. The largest absolute Gasteiger partial charge is 0.510 e. The number of aliphatic hydroxyl groups excluding tert-OH is 2. The second kappa shape index (κ2) is 7.82. The first-order valence-corrected chi connectivity index (χ1v) is 10.8. The Morgan fingerprint density at radius 3 is 2.40 bits per heavy atom. The van der Waals surface area contributed by atoms with Crippen molar-refractivity contribution in [3.05, 3.63) is 51.5 Å². The second-order valence-corrected chi connectivity index (χ2v) is 9.06. The zero-order valence-corrected chi connectivity index (χ0v) is 18.7. The van der Waals surface area contributed by atoms with Crippen LogP contribution in [0.2, 0.25) is 0 Å². The Kier molecular flexibility index (Phi) is 5.53. The number of aromatic hydroxyl groups is 1. The standard InChI is InChI=1S/C23H23F3N2O7/c1-3-28(2)16-11-7-8-6-9-10(23(24,25)26)4-5-12(29)14(9)17(30)13(8)19(32)22(11,35)20(33)15(18(16)31)21(27)34/h4-5,8,11,16,29,31-32,35H,3,6-7H2,1-2H3,(H2,27,34)/t8-,11-,16-,22-/m0/s1. The molecule has 0 saturated heterocycles.